The summed E-state index contributed by atoms with van der Waals surface area (Å²) >= 11 is 0. The van der Waals surface area contributed by atoms with Crippen molar-refractivity contribution in [3.8, 4) is 35.1 Å². The van der Waals surface area contributed by atoms with Gasteiger partial charge in [0.2, 0.25) is 11.6 Å². The summed E-state index contributed by atoms with van der Waals surface area (Å²) in [5.41, 5.74) is -0.669. The van der Waals surface area contributed by atoms with Crippen molar-refractivity contribution in [2.75, 3.05) is 32.0 Å². The molecule has 0 radical (unpaired) electrons. The van der Waals surface area contributed by atoms with Gasteiger partial charge < -0.3 is 39.2 Å². The maximum atomic E-state index is 16.8. The summed E-state index contributed by atoms with van der Waals surface area (Å²) in [6, 6.07) is 21.2. The first-order valence-corrected chi connectivity index (χ1v) is 19.3. The minimum atomic E-state index is -1.29. The van der Waals surface area contributed by atoms with Crippen LogP contribution in [0, 0.1) is 23.0 Å². The van der Waals surface area contributed by atoms with Gasteiger partial charge in [0.25, 0.3) is 11.8 Å². The number of carbonyl (C=O) groups excluding carboxylic acids is 2. The monoisotopic (exact) mass is 812 g/mol. The highest BCUT2D eigenvalue weighted by Gasteiger charge is 2.31. The summed E-state index contributed by atoms with van der Waals surface area (Å²) in [6.45, 7) is 12.0. The number of aliphatic imine (C=N–C) groups is 1. The number of pyridine rings is 1. The number of anilines is 1. The highest BCUT2D eigenvalue weighted by molar-refractivity contribution is 5.99. The zero-order valence-corrected chi connectivity index (χ0v) is 34.4. The third kappa shape index (κ3) is 12.8. The predicted molar refractivity (Wildman–Crippen MR) is 218 cm³/mol. The number of nitrogens with zero attached hydrogens (tertiary/aromatic N) is 4. The zero-order valence-electron chi connectivity index (χ0n) is 34.4. The normalized spacial score (nSPS) is 13.2. The summed E-state index contributed by atoms with van der Waals surface area (Å²) in [5.74, 6) is -3.76. The van der Waals surface area contributed by atoms with Crippen molar-refractivity contribution >= 4 is 23.6 Å². The van der Waals surface area contributed by atoms with E-state index in [4.69, 9.17) is 23.7 Å². The lowest BCUT2D eigenvalue weighted by molar-refractivity contribution is -0.156. The second-order valence-corrected chi connectivity index (χ2v) is 15.8. The Balaban J connectivity index is 1.50. The SMILES string of the molecule is CN1CCN=C1c1cccc(Oc2nc(Oc3cc(C#N)ccc3OCc3ccccc3)c(F)c(NC(CCCCNC(=O)OC(C)(C)C)C(=O)OC(C)(C)C)c2F)c1. The van der Waals surface area contributed by atoms with Crippen molar-refractivity contribution in [3.63, 3.8) is 0 Å². The Morgan fingerprint density at radius 1 is 0.881 bits per heavy atom. The molecule has 0 saturated carbocycles. The summed E-state index contributed by atoms with van der Waals surface area (Å²) in [6.07, 6.45) is 0.199. The van der Waals surface area contributed by atoms with Crippen LogP contribution in [0.4, 0.5) is 19.3 Å². The Labute approximate surface area is 343 Å². The zero-order chi connectivity index (χ0) is 42.7. The smallest absolute Gasteiger partial charge is 0.407 e. The molecule has 0 bridgehead atoms. The van der Waals surface area contributed by atoms with Crippen molar-refractivity contribution in [1.29, 1.82) is 5.26 Å². The van der Waals surface area contributed by atoms with Crippen LogP contribution in [-0.2, 0) is 20.9 Å². The van der Waals surface area contributed by atoms with E-state index in [1.165, 1.54) is 18.2 Å². The minimum absolute atomic E-state index is 0.0534. The number of esters is 1. The quantitative estimate of drug-likeness (QED) is 0.0823. The number of amidine groups is 1. The molecule has 1 aliphatic heterocycles. The molecule has 2 N–H and O–H groups in total. The van der Waals surface area contributed by atoms with E-state index < -0.39 is 58.4 Å². The highest BCUT2D eigenvalue weighted by Crippen LogP contribution is 2.40. The Hall–Kier alpha value is -6.43. The topological polar surface area (TPSA) is 157 Å². The number of ether oxygens (including phenoxy) is 5. The van der Waals surface area contributed by atoms with E-state index in [1.54, 1.807) is 59.7 Å². The third-order valence-corrected chi connectivity index (χ3v) is 8.50. The number of alkyl carbamates (subject to hydrolysis) is 1. The number of halogens is 2. The minimum Gasteiger partial charge on any atom is -0.485 e. The van der Waals surface area contributed by atoms with Crippen LogP contribution in [0.3, 0.4) is 0 Å². The van der Waals surface area contributed by atoms with Crippen LogP contribution in [0.5, 0.6) is 29.0 Å². The van der Waals surface area contributed by atoms with E-state index in [1.807, 2.05) is 54.4 Å². The van der Waals surface area contributed by atoms with Gasteiger partial charge >= 0.3 is 12.1 Å². The van der Waals surface area contributed by atoms with Crippen molar-refractivity contribution in [1.82, 2.24) is 15.2 Å². The molecule has 1 atom stereocenters. The highest BCUT2D eigenvalue weighted by atomic mass is 19.1. The molecular formula is C44H50F2N6O7. The molecule has 15 heteroatoms. The maximum Gasteiger partial charge on any atom is 0.407 e. The van der Waals surface area contributed by atoms with Gasteiger partial charge in [-0.1, -0.05) is 42.5 Å². The molecule has 1 aromatic heterocycles. The van der Waals surface area contributed by atoms with Gasteiger partial charge in [0.1, 0.15) is 41.1 Å². The number of rotatable bonds is 16. The molecule has 13 nitrogen and oxygen atoms in total. The maximum absolute atomic E-state index is 16.8. The van der Waals surface area contributed by atoms with Crippen molar-refractivity contribution in [3.05, 3.63) is 101 Å². The van der Waals surface area contributed by atoms with Crippen molar-refractivity contribution in [2.45, 2.75) is 84.7 Å². The first kappa shape index (κ1) is 43.7. The Kier molecular flexibility index (Phi) is 14.3. The number of unbranched alkanes of at least 4 members (excludes halogenated alkanes) is 1. The first-order chi connectivity index (χ1) is 28.0. The van der Waals surface area contributed by atoms with E-state index in [-0.39, 0.29) is 42.4 Å². The van der Waals surface area contributed by atoms with Gasteiger partial charge in [-0.15, -0.1) is 0 Å². The largest absolute Gasteiger partial charge is 0.485 e. The molecule has 0 spiro atoms. The molecule has 59 heavy (non-hydrogen) atoms. The lowest BCUT2D eigenvalue weighted by Gasteiger charge is -2.26. The number of nitrogens with one attached hydrogen (secondary N) is 2. The standard InChI is InChI=1S/C44H50F2N6O7/c1-43(2,3)58-41(53)32(18-11-12-21-49-42(54)59-44(4,5)6)50-37-35(45)39(56-31-17-13-16-30(25-31)38-48-22-23-52(38)7)51-40(36(37)46)57-34-24-29(26-47)19-20-33(34)55-27-28-14-9-8-10-15-28/h8-10,13-17,19-20,24-25,32H,11-12,18,21-23,27H2,1-7H3,(H,49,54)(H,50,51). The summed E-state index contributed by atoms with van der Waals surface area (Å²) in [7, 11) is 1.90. The average molecular weight is 813 g/mol. The fourth-order valence-corrected chi connectivity index (χ4v) is 5.81. The second kappa shape index (κ2) is 19.3. The van der Waals surface area contributed by atoms with Gasteiger partial charge in [0, 0.05) is 31.8 Å². The molecule has 0 fully saturated rings. The van der Waals surface area contributed by atoms with E-state index in [0.717, 1.165) is 17.9 Å². The molecule has 1 unspecified atom stereocenters. The molecule has 0 saturated heterocycles. The molecular weight excluding hydrogens is 763 g/mol. The summed E-state index contributed by atoms with van der Waals surface area (Å²) in [4.78, 5) is 36.4. The predicted octanol–water partition coefficient (Wildman–Crippen LogP) is 8.90. The van der Waals surface area contributed by atoms with Crippen LogP contribution in [0.2, 0.25) is 0 Å². The fraction of sp³-hybridized carbons (Fsp3) is 0.386. The number of carbonyl (C=O) groups is 2. The fourth-order valence-electron chi connectivity index (χ4n) is 5.81. The number of hydrogen-bond acceptors (Lipinski definition) is 12. The first-order valence-electron chi connectivity index (χ1n) is 19.3. The van der Waals surface area contributed by atoms with Crippen LogP contribution in [0.15, 0.2) is 77.8 Å². The van der Waals surface area contributed by atoms with Gasteiger partial charge in [-0.25, -0.2) is 9.59 Å². The molecule has 0 aliphatic carbocycles. The molecule has 312 valence electrons. The van der Waals surface area contributed by atoms with E-state index in [9.17, 15) is 14.9 Å². The lowest BCUT2D eigenvalue weighted by Crippen LogP contribution is -2.37. The number of aromatic nitrogens is 1. The van der Waals surface area contributed by atoms with Crippen molar-refractivity contribution in [2.24, 2.45) is 4.99 Å². The third-order valence-electron chi connectivity index (χ3n) is 8.50. The van der Waals surface area contributed by atoms with E-state index in [2.05, 4.69) is 20.6 Å². The Morgan fingerprint density at radius 3 is 2.25 bits per heavy atom. The molecule has 1 aliphatic rings. The number of amides is 1. The number of likely N-dealkylation sites (N-methyl/N-ethyl adjacent to an activating group) is 1. The van der Waals surface area contributed by atoms with E-state index >= 15 is 8.78 Å². The van der Waals surface area contributed by atoms with Crippen LogP contribution >= 0.6 is 0 Å². The van der Waals surface area contributed by atoms with Gasteiger partial charge in [0.05, 0.1) is 18.2 Å². The molecule has 3 aromatic carbocycles. The number of nitriles is 1. The number of benzene rings is 3. The summed E-state index contributed by atoms with van der Waals surface area (Å²) < 4.78 is 62.4. The van der Waals surface area contributed by atoms with Gasteiger partial charge in [0.15, 0.2) is 11.5 Å². The van der Waals surface area contributed by atoms with Crippen LogP contribution in [-0.4, -0.2) is 71.7 Å². The van der Waals surface area contributed by atoms with Crippen LogP contribution < -0.4 is 24.8 Å². The molecule has 2 heterocycles. The van der Waals surface area contributed by atoms with Crippen molar-refractivity contribution < 1.29 is 42.1 Å². The second-order valence-electron chi connectivity index (χ2n) is 15.8. The summed E-state index contributed by atoms with van der Waals surface area (Å²) in [5, 5.41) is 15.1. The lowest BCUT2D eigenvalue weighted by atomic mass is 10.1. The Bertz CT molecular complexity index is 2180. The average Bonchev–Trinajstić information content (AvgIpc) is 3.61. The van der Waals surface area contributed by atoms with Gasteiger partial charge in [-0.2, -0.15) is 19.0 Å². The Morgan fingerprint density at radius 2 is 1.59 bits per heavy atom. The number of hydrogen-bond donors (Lipinski definition) is 2. The molecule has 5 rings (SSSR count). The van der Waals surface area contributed by atoms with Gasteiger partial charge in [-0.3, -0.25) is 4.99 Å². The van der Waals surface area contributed by atoms with Crippen LogP contribution in [0.1, 0.15) is 77.5 Å². The van der Waals surface area contributed by atoms with Gasteiger partial charge in [-0.05, 0) is 90.6 Å². The van der Waals surface area contributed by atoms with E-state index in [0.29, 0.717) is 24.9 Å². The van der Waals surface area contributed by atoms with Crippen LogP contribution in [0.25, 0.3) is 0 Å². The molecule has 4 aromatic rings. The molecule has 1 amide bonds.